The van der Waals surface area contributed by atoms with Crippen LogP contribution in [-0.2, 0) is 0 Å². The number of hydrogen-bond acceptors (Lipinski definition) is 2. The van der Waals surface area contributed by atoms with E-state index in [0.717, 1.165) is 15.1 Å². The van der Waals surface area contributed by atoms with E-state index in [1.807, 2.05) is 37.3 Å². The van der Waals surface area contributed by atoms with Gasteiger partial charge in [-0.25, -0.2) is 0 Å². The first-order valence-electron chi connectivity index (χ1n) is 10.9. The van der Waals surface area contributed by atoms with Gasteiger partial charge < -0.3 is 0 Å². The third-order valence-electron chi connectivity index (χ3n) is 5.79. The molecular formula is C23H35ClN2OSn. The van der Waals surface area contributed by atoms with Crippen LogP contribution in [0.4, 0.5) is 0 Å². The van der Waals surface area contributed by atoms with E-state index in [-0.39, 0.29) is 5.56 Å². The summed E-state index contributed by atoms with van der Waals surface area (Å²) in [6.07, 6.45) is 7.10. The second-order valence-corrected chi connectivity index (χ2v) is 21.2. The molecule has 2 aromatic rings. The Bertz CT molecular complexity index is 782. The predicted octanol–water partition coefficient (Wildman–Crippen LogP) is 6.25. The van der Waals surface area contributed by atoms with Gasteiger partial charge in [-0.1, -0.05) is 0 Å². The normalized spacial score (nSPS) is 11.8. The topological polar surface area (TPSA) is 34.9 Å². The van der Waals surface area contributed by atoms with Crippen LogP contribution in [0.15, 0.2) is 35.1 Å². The summed E-state index contributed by atoms with van der Waals surface area (Å²) in [6.45, 7) is 8.63. The average Bonchev–Trinajstić information content (AvgIpc) is 2.71. The summed E-state index contributed by atoms with van der Waals surface area (Å²) in [4.78, 5) is 18.6. The second-order valence-electron chi connectivity index (χ2n) is 7.90. The fourth-order valence-corrected chi connectivity index (χ4v) is 20.1. The maximum absolute atomic E-state index is 13.8. The molecule has 0 radical (unpaired) electrons. The third kappa shape index (κ3) is 5.41. The van der Waals surface area contributed by atoms with Crippen LogP contribution in [-0.4, -0.2) is 27.9 Å². The Hall–Kier alpha value is -0.811. The van der Waals surface area contributed by atoms with Crippen LogP contribution >= 0.6 is 11.6 Å². The summed E-state index contributed by atoms with van der Waals surface area (Å²) in [5.74, 6) is 0. The zero-order chi connectivity index (χ0) is 20.6. The molecule has 154 valence electrons. The molecule has 28 heavy (non-hydrogen) atoms. The van der Waals surface area contributed by atoms with E-state index in [1.165, 1.54) is 51.8 Å². The SMILES string of the molecule is CCC[CH2][Sn]([CH2]CCC)([CH2]CCC)[c]1nc(Cl)c(C)n(-c2ccccc2)c1=O. The van der Waals surface area contributed by atoms with E-state index in [2.05, 4.69) is 20.8 Å². The molecule has 0 aliphatic rings. The number of aromatic nitrogens is 2. The van der Waals surface area contributed by atoms with E-state index >= 15 is 0 Å². The average molecular weight is 510 g/mol. The van der Waals surface area contributed by atoms with E-state index < -0.39 is 18.4 Å². The van der Waals surface area contributed by atoms with Gasteiger partial charge in [0.05, 0.1) is 0 Å². The molecule has 0 spiro atoms. The van der Waals surface area contributed by atoms with Crippen molar-refractivity contribution in [1.29, 1.82) is 0 Å². The molecule has 3 nitrogen and oxygen atoms in total. The fraction of sp³-hybridized carbons (Fsp3) is 0.565. The van der Waals surface area contributed by atoms with Gasteiger partial charge in [-0.15, -0.1) is 0 Å². The van der Waals surface area contributed by atoms with E-state index in [9.17, 15) is 4.79 Å². The first-order valence-corrected chi connectivity index (χ1v) is 18.7. The Kier molecular flexibility index (Phi) is 9.55. The molecule has 5 heteroatoms. The van der Waals surface area contributed by atoms with Gasteiger partial charge in [0.2, 0.25) is 0 Å². The van der Waals surface area contributed by atoms with Crippen molar-refractivity contribution in [1.82, 2.24) is 9.55 Å². The summed E-state index contributed by atoms with van der Waals surface area (Å²) in [6, 6.07) is 9.88. The van der Waals surface area contributed by atoms with Crippen molar-refractivity contribution >= 4 is 33.7 Å². The molecule has 0 saturated heterocycles. The predicted molar refractivity (Wildman–Crippen MR) is 124 cm³/mol. The Balaban J connectivity index is 2.70. The molecule has 1 aromatic carbocycles. The first-order chi connectivity index (χ1) is 13.5. The van der Waals surface area contributed by atoms with Crippen molar-refractivity contribution in [3.63, 3.8) is 0 Å². The van der Waals surface area contributed by atoms with Crippen LogP contribution in [0.3, 0.4) is 0 Å². The molecule has 0 N–H and O–H groups in total. The number of benzene rings is 1. The van der Waals surface area contributed by atoms with Crippen LogP contribution in [0.25, 0.3) is 5.69 Å². The van der Waals surface area contributed by atoms with Crippen LogP contribution in [0, 0.1) is 6.92 Å². The monoisotopic (exact) mass is 510 g/mol. The van der Waals surface area contributed by atoms with E-state index in [1.54, 1.807) is 4.57 Å². The second kappa shape index (κ2) is 11.4. The van der Waals surface area contributed by atoms with Gasteiger partial charge in [0, 0.05) is 0 Å². The molecule has 0 bridgehead atoms. The summed E-state index contributed by atoms with van der Waals surface area (Å²) in [5, 5.41) is 0.490. The van der Waals surface area contributed by atoms with Crippen LogP contribution in [0.2, 0.25) is 18.5 Å². The molecule has 0 atom stereocenters. The van der Waals surface area contributed by atoms with Gasteiger partial charge in [0.15, 0.2) is 0 Å². The zero-order valence-electron chi connectivity index (χ0n) is 17.9. The molecule has 0 saturated carbocycles. The molecule has 0 aliphatic carbocycles. The van der Waals surface area contributed by atoms with Gasteiger partial charge in [-0.05, 0) is 0 Å². The number of unbranched alkanes of at least 4 members (excludes halogenated alkanes) is 3. The summed E-state index contributed by atoms with van der Waals surface area (Å²) in [5.41, 5.74) is 1.72. The number of nitrogens with zero attached hydrogens (tertiary/aromatic N) is 2. The maximum atomic E-state index is 13.8. The van der Waals surface area contributed by atoms with Crippen LogP contribution in [0.5, 0.6) is 0 Å². The molecule has 1 aromatic heterocycles. The van der Waals surface area contributed by atoms with Gasteiger partial charge >= 0.3 is 180 Å². The minimum absolute atomic E-state index is 0.0900. The molecule has 0 aliphatic heterocycles. The van der Waals surface area contributed by atoms with Crippen molar-refractivity contribution in [2.45, 2.75) is 79.5 Å². The Labute approximate surface area is 179 Å². The molecule has 2 rings (SSSR count). The van der Waals surface area contributed by atoms with Crippen molar-refractivity contribution in [3.05, 3.63) is 51.5 Å². The number of para-hydroxylation sites is 1. The number of hydrogen-bond donors (Lipinski definition) is 0. The fourth-order valence-electron chi connectivity index (χ4n) is 4.09. The quantitative estimate of drug-likeness (QED) is 0.336. The summed E-state index contributed by atoms with van der Waals surface area (Å²) < 4.78 is 6.31. The van der Waals surface area contributed by atoms with E-state index in [0.29, 0.717) is 5.15 Å². The zero-order valence-corrected chi connectivity index (χ0v) is 21.5. The molecular weight excluding hydrogens is 474 g/mol. The van der Waals surface area contributed by atoms with Crippen molar-refractivity contribution in [2.75, 3.05) is 0 Å². The molecule has 0 amide bonds. The van der Waals surface area contributed by atoms with Crippen molar-refractivity contribution in [3.8, 4) is 5.69 Å². The Morgan fingerprint density at radius 1 is 0.929 bits per heavy atom. The van der Waals surface area contributed by atoms with Gasteiger partial charge in [0.1, 0.15) is 0 Å². The molecule has 1 heterocycles. The van der Waals surface area contributed by atoms with Crippen molar-refractivity contribution < 1.29 is 0 Å². The van der Waals surface area contributed by atoms with Crippen LogP contribution in [0.1, 0.15) is 65.0 Å². The Morgan fingerprint density at radius 2 is 1.43 bits per heavy atom. The van der Waals surface area contributed by atoms with Crippen molar-refractivity contribution in [2.24, 2.45) is 0 Å². The first kappa shape index (κ1) is 23.5. The van der Waals surface area contributed by atoms with Gasteiger partial charge in [-0.3, -0.25) is 0 Å². The van der Waals surface area contributed by atoms with Gasteiger partial charge in [0.25, 0.3) is 0 Å². The third-order valence-corrected chi connectivity index (χ3v) is 21.2. The number of rotatable bonds is 11. The summed E-state index contributed by atoms with van der Waals surface area (Å²) >= 11 is 3.64. The number of halogens is 1. The molecule has 0 unspecified atom stereocenters. The standard InChI is InChI=1S/C11H8ClN2O.3C4H9.Sn/c1-8-11(12)13-7-10(15)14(8)9-5-3-2-4-6-9;3*1-3-4-2;/h2-6H,1H3;3*1,3-4H2,2H3;. The van der Waals surface area contributed by atoms with E-state index in [4.69, 9.17) is 16.6 Å². The Morgan fingerprint density at radius 3 is 1.89 bits per heavy atom. The summed E-state index contributed by atoms with van der Waals surface area (Å²) in [7, 11) is 0. The van der Waals surface area contributed by atoms with Crippen LogP contribution < -0.4 is 9.27 Å². The van der Waals surface area contributed by atoms with Gasteiger partial charge in [-0.2, -0.15) is 0 Å². The minimum atomic E-state index is -2.97. The molecule has 0 fully saturated rings.